The van der Waals surface area contributed by atoms with Crippen LogP contribution in [0.1, 0.15) is 92.5 Å². The Morgan fingerprint density at radius 2 is 1.73 bits per heavy atom. The van der Waals surface area contributed by atoms with Crippen molar-refractivity contribution in [2.45, 2.75) is 78.1 Å². The van der Waals surface area contributed by atoms with Crippen LogP contribution < -0.4 is 40.0 Å². The molecule has 0 saturated carbocycles. The number of aryl methyl sites for hydroxylation is 1. The maximum absolute atomic E-state index is 14.3. The molecule has 2 aromatic rings. The van der Waals surface area contributed by atoms with E-state index in [-0.39, 0.29) is 47.6 Å². The Bertz CT molecular complexity index is 911. The van der Waals surface area contributed by atoms with Crippen molar-refractivity contribution in [2.24, 2.45) is 7.05 Å². The number of nitrogens with zero attached hydrogens (tertiary/aromatic N) is 1. The maximum Gasteiger partial charge on any atom is 1.00 e. The van der Waals surface area contributed by atoms with E-state index in [0.717, 1.165) is 24.2 Å². The van der Waals surface area contributed by atoms with Crippen molar-refractivity contribution in [3.05, 3.63) is 52.6 Å². The SMILES string of the molecule is CCCCCCCCNc1cc(C(=O)c2cc(CCCC(=O)[O-])n(C)c2CC)ccc1F.[Na+]. The predicted octanol–water partition coefficient (Wildman–Crippen LogP) is 1.81. The number of benzene rings is 1. The van der Waals surface area contributed by atoms with Crippen LogP contribution in [0.4, 0.5) is 10.1 Å². The Balaban J connectivity index is 0.00000544. The summed E-state index contributed by atoms with van der Waals surface area (Å²) in [4.78, 5) is 23.9. The number of carbonyl (C=O) groups is 2. The van der Waals surface area contributed by atoms with E-state index in [9.17, 15) is 19.1 Å². The predicted molar refractivity (Wildman–Crippen MR) is 124 cm³/mol. The van der Waals surface area contributed by atoms with Crippen LogP contribution in [-0.2, 0) is 24.7 Å². The van der Waals surface area contributed by atoms with Crippen LogP contribution in [0.2, 0.25) is 0 Å². The number of rotatable bonds is 15. The second-order valence-electron chi connectivity index (χ2n) is 8.35. The topological polar surface area (TPSA) is 74.2 Å². The minimum Gasteiger partial charge on any atom is -0.550 e. The summed E-state index contributed by atoms with van der Waals surface area (Å²) in [6.07, 6.45) is 8.64. The molecule has 0 aliphatic heterocycles. The van der Waals surface area contributed by atoms with Gasteiger partial charge >= 0.3 is 29.6 Å². The quantitative estimate of drug-likeness (QED) is 0.247. The van der Waals surface area contributed by atoms with Gasteiger partial charge in [-0.05, 0) is 56.4 Å². The normalized spacial score (nSPS) is 10.7. The van der Waals surface area contributed by atoms with E-state index in [1.165, 1.54) is 37.8 Å². The number of ketones is 1. The average Bonchev–Trinajstić information content (AvgIpc) is 3.08. The monoisotopic (exact) mass is 466 g/mol. The molecule has 5 nitrogen and oxygen atoms in total. The molecule has 0 atom stereocenters. The average molecular weight is 467 g/mol. The summed E-state index contributed by atoms with van der Waals surface area (Å²) in [6, 6.07) is 6.29. The summed E-state index contributed by atoms with van der Waals surface area (Å²) in [5.41, 5.74) is 3.19. The van der Waals surface area contributed by atoms with E-state index in [2.05, 4.69) is 12.2 Å². The zero-order valence-corrected chi connectivity index (χ0v) is 22.6. The number of halogens is 1. The van der Waals surface area contributed by atoms with Crippen molar-refractivity contribution in [2.75, 3.05) is 11.9 Å². The van der Waals surface area contributed by atoms with Crippen molar-refractivity contribution < 1.29 is 48.6 Å². The summed E-state index contributed by atoms with van der Waals surface area (Å²) in [5, 5.41) is 13.8. The second-order valence-corrected chi connectivity index (χ2v) is 8.35. The zero-order valence-electron chi connectivity index (χ0n) is 20.6. The Labute approximate surface area is 219 Å². The molecule has 0 fully saturated rings. The van der Waals surface area contributed by atoms with Crippen LogP contribution in [0.15, 0.2) is 24.3 Å². The summed E-state index contributed by atoms with van der Waals surface area (Å²) >= 11 is 0. The molecule has 1 N–H and O–H groups in total. The van der Waals surface area contributed by atoms with Gasteiger partial charge in [0, 0.05) is 42.1 Å². The van der Waals surface area contributed by atoms with Crippen molar-refractivity contribution in [3.63, 3.8) is 0 Å². The molecule has 0 aliphatic carbocycles. The Morgan fingerprint density at radius 1 is 1.03 bits per heavy atom. The molecule has 2 rings (SSSR count). The summed E-state index contributed by atoms with van der Waals surface area (Å²) in [7, 11) is 1.89. The van der Waals surface area contributed by atoms with E-state index in [1.54, 1.807) is 6.07 Å². The van der Waals surface area contributed by atoms with Crippen LogP contribution in [0.5, 0.6) is 0 Å². The van der Waals surface area contributed by atoms with Gasteiger partial charge in [0.2, 0.25) is 0 Å². The Morgan fingerprint density at radius 3 is 2.39 bits per heavy atom. The van der Waals surface area contributed by atoms with Crippen LogP contribution in [-0.4, -0.2) is 22.9 Å². The van der Waals surface area contributed by atoms with Crippen LogP contribution >= 0.6 is 0 Å². The number of carbonyl (C=O) groups excluding carboxylic acids is 2. The van der Waals surface area contributed by atoms with Gasteiger partial charge in [0.15, 0.2) is 5.78 Å². The summed E-state index contributed by atoms with van der Waals surface area (Å²) in [6.45, 7) is 4.85. The number of nitrogens with one attached hydrogen (secondary N) is 1. The van der Waals surface area contributed by atoms with E-state index in [4.69, 9.17) is 0 Å². The number of aliphatic carboxylic acids is 1. The molecule has 0 radical (unpaired) electrons. The molecule has 1 heterocycles. The molecule has 0 bridgehead atoms. The first kappa shape index (κ1) is 29.4. The van der Waals surface area contributed by atoms with E-state index >= 15 is 0 Å². The van der Waals surface area contributed by atoms with Gasteiger partial charge in [0.05, 0.1) is 5.69 Å². The minimum absolute atomic E-state index is 0. The number of aromatic nitrogens is 1. The number of carboxylic acids is 1. The fourth-order valence-electron chi connectivity index (χ4n) is 4.06. The molecule has 0 unspecified atom stereocenters. The number of unbranched alkanes of at least 4 members (excludes halogenated alkanes) is 5. The third-order valence-electron chi connectivity index (χ3n) is 5.93. The van der Waals surface area contributed by atoms with Crippen LogP contribution in [0, 0.1) is 5.82 Å². The first-order valence-corrected chi connectivity index (χ1v) is 11.8. The number of anilines is 1. The molecule has 33 heavy (non-hydrogen) atoms. The first-order chi connectivity index (χ1) is 15.4. The number of carboxylic acid groups (broad SMARTS) is 1. The van der Waals surface area contributed by atoms with Gasteiger partial charge < -0.3 is 19.8 Å². The van der Waals surface area contributed by atoms with Gasteiger partial charge in [-0.15, -0.1) is 0 Å². The largest absolute Gasteiger partial charge is 1.00 e. The minimum atomic E-state index is -1.07. The van der Waals surface area contributed by atoms with Crippen molar-refractivity contribution in [3.8, 4) is 0 Å². The number of hydrogen-bond donors (Lipinski definition) is 1. The Kier molecular flexibility index (Phi) is 13.6. The van der Waals surface area contributed by atoms with Gasteiger partial charge in [0.25, 0.3) is 0 Å². The van der Waals surface area contributed by atoms with E-state index in [0.29, 0.717) is 42.6 Å². The smallest absolute Gasteiger partial charge is 0.550 e. The second kappa shape index (κ2) is 15.3. The fraction of sp³-hybridized carbons (Fsp3) is 0.538. The maximum atomic E-state index is 14.3. The van der Waals surface area contributed by atoms with Crippen LogP contribution in [0.25, 0.3) is 0 Å². The summed E-state index contributed by atoms with van der Waals surface area (Å²) in [5.74, 6) is -1.58. The van der Waals surface area contributed by atoms with Crippen molar-refractivity contribution in [1.29, 1.82) is 0 Å². The van der Waals surface area contributed by atoms with Gasteiger partial charge in [0.1, 0.15) is 5.82 Å². The van der Waals surface area contributed by atoms with E-state index < -0.39 is 5.97 Å². The molecule has 176 valence electrons. The Hall–Kier alpha value is -1.63. The van der Waals surface area contributed by atoms with Crippen LogP contribution in [0.3, 0.4) is 0 Å². The molecule has 0 amide bonds. The molecular weight excluding hydrogens is 430 g/mol. The van der Waals surface area contributed by atoms with E-state index in [1.807, 2.05) is 24.6 Å². The molecule has 0 saturated heterocycles. The van der Waals surface area contributed by atoms with Crippen molar-refractivity contribution >= 4 is 17.4 Å². The van der Waals surface area contributed by atoms with Gasteiger partial charge in [-0.2, -0.15) is 0 Å². The van der Waals surface area contributed by atoms with Gasteiger partial charge in [-0.25, -0.2) is 4.39 Å². The molecule has 0 aliphatic rings. The van der Waals surface area contributed by atoms with Gasteiger partial charge in [-0.3, -0.25) is 4.79 Å². The molecule has 1 aromatic carbocycles. The molecule has 7 heteroatoms. The molecule has 1 aromatic heterocycles. The zero-order chi connectivity index (χ0) is 23.5. The molecular formula is C26H36FN2NaO3. The fourth-order valence-corrected chi connectivity index (χ4v) is 4.06. The first-order valence-electron chi connectivity index (χ1n) is 11.8. The van der Waals surface area contributed by atoms with Crippen molar-refractivity contribution in [1.82, 2.24) is 4.57 Å². The molecule has 0 spiro atoms. The standard InChI is InChI=1S/C26H37FN2O3.Na/c1-4-6-7-8-9-10-16-28-23-17-19(14-15-22(23)27)26(32)21-18-20(12-11-13-25(30)31)29(3)24(21)5-2;/h14-15,17-18,28H,4-13,16H2,1-3H3,(H,30,31);/q;+1/p-1. The van der Waals surface area contributed by atoms with Gasteiger partial charge in [-0.1, -0.05) is 46.0 Å². The number of hydrogen-bond acceptors (Lipinski definition) is 4. The third kappa shape index (κ3) is 8.91. The third-order valence-corrected chi connectivity index (χ3v) is 5.93. The summed E-state index contributed by atoms with van der Waals surface area (Å²) < 4.78 is 16.3.